The Balaban J connectivity index is 2.15. The topological polar surface area (TPSA) is 262 Å². The first kappa shape index (κ1) is 28.2. The molecule has 2 saturated heterocycles. The van der Waals surface area contributed by atoms with Crippen molar-refractivity contribution in [2.75, 3.05) is 13.2 Å². The van der Waals surface area contributed by atoms with Gasteiger partial charge in [0.05, 0.1) is 19.3 Å². The van der Waals surface area contributed by atoms with E-state index in [0.29, 0.717) is 0 Å². The minimum absolute atomic E-state index is 0.217. The summed E-state index contributed by atoms with van der Waals surface area (Å²) in [5.41, 5.74) is 9.69. The number of nitrogens with two attached hydrogens (primary N) is 1. The molecule has 16 heteroatoms. The van der Waals surface area contributed by atoms with Crippen LogP contribution in [0, 0.1) is 0 Å². The van der Waals surface area contributed by atoms with Crippen molar-refractivity contribution < 1.29 is 59.2 Å². The van der Waals surface area contributed by atoms with Gasteiger partial charge in [0.15, 0.2) is 6.29 Å². The summed E-state index contributed by atoms with van der Waals surface area (Å²) in [7, 11) is 0. The van der Waals surface area contributed by atoms with E-state index in [2.05, 4.69) is 16.2 Å². The Morgan fingerprint density at radius 1 is 0.912 bits per heavy atom. The third kappa shape index (κ3) is 7.01. The predicted molar refractivity (Wildman–Crippen MR) is 108 cm³/mol. The Bertz CT molecular complexity index is 712. The lowest BCUT2D eigenvalue weighted by Crippen LogP contribution is -2.71. The number of nitrogens with one attached hydrogen (secondary N) is 3. The molecule has 3 amide bonds. The maximum atomic E-state index is 11.9. The van der Waals surface area contributed by atoms with Gasteiger partial charge in [0.25, 0.3) is 0 Å². The number of hydrazine groups is 1. The molecule has 0 saturated carbocycles. The van der Waals surface area contributed by atoms with Crippen LogP contribution in [0.2, 0.25) is 0 Å². The Kier molecular flexibility index (Phi) is 10.5. The summed E-state index contributed by atoms with van der Waals surface area (Å²) in [4.78, 5) is 34.4. The van der Waals surface area contributed by atoms with Crippen LogP contribution in [0.4, 0.5) is 0 Å². The number of carbonyl (C=O) groups is 3. The third-order valence-corrected chi connectivity index (χ3v) is 5.36. The molecule has 0 bridgehead atoms. The summed E-state index contributed by atoms with van der Waals surface area (Å²) in [5.74, 6) is -1.92. The van der Waals surface area contributed by atoms with E-state index in [-0.39, 0.29) is 12.8 Å². The fourth-order valence-corrected chi connectivity index (χ4v) is 3.57. The maximum absolute atomic E-state index is 11.9. The van der Waals surface area contributed by atoms with Crippen molar-refractivity contribution in [3.63, 3.8) is 0 Å². The molecule has 16 nitrogen and oxygen atoms in total. The lowest BCUT2D eigenvalue weighted by atomic mass is 9.95. The molecule has 0 unspecified atom stereocenters. The van der Waals surface area contributed by atoms with Gasteiger partial charge in [-0.25, -0.2) is 5.43 Å². The standard InChI is InChI=1S/C18H32N4O12/c1-6(25)20-11-13(29)16(34-18-15(31)14(30)12(28)7(4-23)33-18)8(5-24)32-17(11)22-21-10(27)3-2-9(19)26/h7-8,11-18,22-24,28-31H,2-5H2,1H3,(H2,19,26)(H,20,25)(H,21,27)/t7-,8-,11-,12+,13-,14+,15-,16-,17-,18+/m1/s1. The molecule has 2 heterocycles. The van der Waals surface area contributed by atoms with Crippen LogP contribution in [-0.2, 0) is 28.6 Å². The monoisotopic (exact) mass is 496 g/mol. The Hall–Kier alpha value is -1.99. The smallest absolute Gasteiger partial charge is 0.234 e. The summed E-state index contributed by atoms with van der Waals surface area (Å²) in [6.07, 6.45) is -14.2. The molecule has 0 aromatic heterocycles. The molecule has 2 aliphatic rings. The molecule has 11 N–H and O–H groups in total. The van der Waals surface area contributed by atoms with Crippen molar-refractivity contribution in [3.8, 4) is 0 Å². The number of ether oxygens (including phenoxy) is 3. The van der Waals surface area contributed by atoms with Crippen molar-refractivity contribution in [2.24, 2.45) is 5.73 Å². The van der Waals surface area contributed by atoms with Crippen LogP contribution >= 0.6 is 0 Å². The first-order chi connectivity index (χ1) is 16.0. The van der Waals surface area contributed by atoms with E-state index in [4.69, 9.17) is 19.9 Å². The van der Waals surface area contributed by atoms with Crippen molar-refractivity contribution in [1.82, 2.24) is 16.2 Å². The summed E-state index contributed by atoms with van der Waals surface area (Å²) in [6.45, 7) is -0.283. The van der Waals surface area contributed by atoms with Crippen LogP contribution in [-0.4, -0.2) is 123 Å². The van der Waals surface area contributed by atoms with Crippen LogP contribution in [0.3, 0.4) is 0 Å². The van der Waals surface area contributed by atoms with Crippen molar-refractivity contribution in [2.45, 2.75) is 81.1 Å². The van der Waals surface area contributed by atoms with Gasteiger partial charge >= 0.3 is 0 Å². The van der Waals surface area contributed by atoms with E-state index in [0.717, 1.165) is 6.92 Å². The maximum Gasteiger partial charge on any atom is 0.234 e. The molecule has 0 aromatic carbocycles. The molecule has 10 atom stereocenters. The SMILES string of the molecule is CC(=O)N[C@@H]1[C@@H](O)[C@H](O[C@@H]2O[C@H](CO)[C@H](O)[C@H](O)[C@H]2O)[C@@H](CO)O[C@H]1NNC(=O)CCC(N)=O. The molecule has 0 aromatic rings. The highest BCUT2D eigenvalue weighted by Crippen LogP contribution is 2.28. The number of carbonyl (C=O) groups excluding carboxylic acids is 3. The first-order valence-corrected chi connectivity index (χ1v) is 10.5. The van der Waals surface area contributed by atoms with Crippen LogP contribution < -0.4 is 21.9 Å². The van der Waals surface area contributed by atoms with Gasteiger partial charge in [-0.1, -0.05) is 0 Å². The van der Waals surface area contributed by atoms with Crippen molar-refractivity contribution >= 4 is 17.7 Å². The molecule has 0 aliphatic carbocycles. The number of rotatable bonds is 10. The molecule has 2 aliphatic heterocycles. The van der Waals surface area contributed by atoms with E-state index < -0.39 is 92.2 Å². The van der Waals surface area contributed by atoms with Gasteiger partial charge in [0.1, 0.15) is 49.0 Å². The second-order valence-corrected chi connectivity index (χ2v) is 7.95. The number of hydrogen-bond acceptors (Lipinski definition) is 13. The van der Waals surface area contributed by atoms with Gasteiger partial charge < -0.3 is 55.9 Å². The minimum Gasteiger partial charge on any atom is -0.394 e. The zero-order valence-corrected chi connectivity index (χ0v) is 18.3. The van der Waals surface area contributed by atoms with Crippen LogP contribution in [0.25, 0.3) is 0 Å². The summed E-state index contributed by atoms with van der Waals surface area (Å²) in [5, 5.41) is 62.5. The normalized spacial score (nSPS) is 38.2. The highest BCUT2D eigenvalue weighted by molar-refractivity contribution is 5.82. The summed E-state index contributed by atoms with van der Waals surface area (Å²) < 4.78 is 16.4. The number of primary amides is 1. The Morgan fingerprint density at radius 3 is 2.12 bits per heavy atom. The second kappa shape index (κ2) is 12.6. The lowest BCUT2D eigenvalue weighted by molar-refractivity contribution is -0.337. The van der Waals surface area contributed by atoms with E-state index in [1.54, 1.807) is 0 Å². The summed E-state index contributed by atoms with van der Waals surface area (Å²) >= 11 is 0. The molecule has 0 radical (unpaired) electrons. The quantitative estimate of drug-likeness (QED) is 0.126. The lowest BCUT2D eigenvalue weighted by Gasteiger charge is -2.47. The van der Waals surface area contributed by atoms with Gasteiger partial charge in [-0.05, 0) is 0 Å². The Morgan fingerprint density at radius 2 is 1.56 bits per heavy atom. The average molecular weight is 496 g/mol. The highest BCUT2D eigenvalue weighted by atomic mass is 16.7. The number of aliphatic hydroxyl groups is 6. The molecule has 34 heavy (non-hydrogen) atoms. The number of aliphatic hydroxyl groups excluding tert-OH is 6. The van der Waals surface area contributed by atoms with E-state index in [1.165, 1.54) is 0 Å². The van der Waals surface area contributed by atoms with Gasteiger partial charge in [-0.2, -0.15) is 0 Å². The van der Waals surface area contributed by atoms with Crippen LogP contribution in [0.15, 0.2) is 0 Å². The fraction of sp³-hybridized carbons (Fsp3) is 0.833. The second-order valence-electron chi connectivity index (χ2n) is 7.95. The number of hydrogen-bond donors (Lipinski definition) is 10. The molecule has 0 spiro atoms. The average Bonchev–Trinajstić information content (AvgIpc) is 2.79. The zero-order chi connectivity index (χ0) is 25.6. The molecule has 2 fully saturated rings. The predicted octanol–water partition coefficient (Wildman–Crippen LogP) is -6.36. The van der Waals surface area contributed by atoms with Gasteiger partial charge in [0, 0.05) is 19.8 Å². The largest absolute Gasteiger partial charge is 0.394 e. The van der Waals surface area contributed by atoms with E-state index >= 15 is 0 Å². The van der Waals surface area contributed by atoms with Crippen molar-refractivity contribution in [1.29, 1.82) is 0 Å². The van der Waals surface area contributed by atoms with E-state index in [9.17, 15) is 45.0 Å². The van der Waals surface area contributed by atoms with Gasteiger partial charge in [0.2, 0.25) is 17.7 Å². The number of amides is 3. The molecular weight excluding hydrogens is 464 g/mol. The van der Waals surface area contributed by atoms with Crippen molar-refractivity contribution in [3.05, 3.63) is 0 Å². The third-order valence-electron chi connectivity index (χ3n) is 5.36. The van der Waals surface area contributed by atoms with Crippen LogP contribution in [0.1, 0.15) is 19.8 Å². The van der Waals surface area contributed by atoms with Gasteiger partial charge in [-0.3, -0.25) is 19.8 Å². The zero-order valence-electron chi connectivity index (χ0n) is 18.3. The molecule has 2 rings (SSSR count). The summed E-state index contributed by atoms with van der Waals surface area (Å²) in [6, 6.07) is -1.26. The highest BCUT2D eigenvalue weighted by Gasteiger charge is 2.51. The Labute approximate surface area is 193 Å². The van der Waals surface area contributed by atoms with Gasteiger partial charge in [-0.15, -0.1) is 0 Å². The van der Waals surface area contributed by atoms with Crippen LogP contribution in [0.5, 0.6) is 0 Å². The molecular formula is C18H32N4O12. The first-order valence-electron chi connectivity index (χ1n) is 10.5. The molecule has 196 valence electrons. The van der Waals surface area contributed by atoms with E-state index in [1.807, 2.05) is 0 Å². The fourth-order valence-electron chi connectivity index (χ4n) is 3.57. The minimum atomic E-state index is -1.79.